The number of likely N-dealkylation sites (N-methyl/N-ethyl adjacent to an activating group) is 2. The van der Waals surface area contributed by atoms with Crippen LogP contribution in [0.2, 0.25) is 0 Å². The van der Waals surface area contributed by atoms with Gasteiger partial charge >= 0.3 is 12.2 Å². The fourth-order valence-electron chi connectivity index (χ4n) is 12.3. The molecular formula is C66H87N7O6. The first-order chi connectivity index (χ1) is 37.6. The maximum atomic E-state index is 13.8. The molecule has 2 N–H and O–H groups in total. The molecule has 0 radical (unpaired) electrons. The molecule has 79 heavy (non-hydrogen) atoms. The molecule has 4 aromatic carbocycles. The van der Waals surface area contributed by atoms with Crippen LogP contribution in [0.4, 0.5) is 43.7 Å². The van der Waals surface area contributed by atoms with Gasteiger partial charge in [-0.15, -0.1) is 0 Å². The van der Waals surface area contributed by atoms with Gasteiger partial charge in [-0.05, 0) is 154 Å². The van der Waals surface area contributed by atoms with Crippen molar-refractivity contribution in [3.8, 4) is 0 Å². The largest absolute Gasteiger partial charge is 0.493 e. The minimum absolute atomic E-state index is 0.0748. The molecule has 3 atom stereocenters. The number of anilines is 6. The molecule has 1 fully saturated rings. The number of nitrogens with zero attached hydrogens (tertiary/aromatic N) is 5. The van der Waals surface area contributed by atoms with E-state index < -0.39 is 18.8 Å². The molecule has 1 saturated carbocycles. The number of alkyl carbamates (subject to hydrolysis) is 2. The highest BCUT2D eigenvalue weighted by Crippen LogP contribution is 2.49. The summed E-state index contributed by atoms with van der Waals surface area (Å²) in [5, 5.41) is 6.01. The van der Waals surface area contributed by atoms with E-state index in [1.165, 1.54) is 50.5 Å². The van der Waals surface area contributed by atoms with Crippen LogP contribution in [-0.2, 0) is 29.8 Å². The number of aryl methyl sites for hydroxylation is 2. The fourth-order valence-corrected chi connectivity index (χ4v) is 12.3. The van der Waals surface area contributed by atoms with Gasteiger partial charge < -0.3 is 44.4 Å². The maximum Gasteiger partial charge on any atom is 0.407 e. The Bertz CT molecular complexity index is 2920. The van der Waals surface area contributed by atoms with E-state index in [4.69, 9.17) is 14.2 Å². The van der Waals surface area contributed by atoms with Gasteiger partial charge in [0.25, 0.3) is 5.91 Å². The van der Waals surface area contributed by atoms with Crippen molar-refractivity contribution in [2.75, 3.05) is 92.1 Å². The van der Waals surface area contributed by atoms with Crippen LogP contribution in [-0.4, -0.2) is 97.8 Å². The number of ether oxygens (including phenoxy) is 3. The van der Waals surface area contributed by atoms with E-state index in [2.05, 4.69) is 143 Å². The van der Waals surface area contributed by atoms with Crippen molar-refractivity contribution in [1.29, 1.82) is 0 Å². The van der Waals surface area contributed by atoms with Gasteiger partial charge in [-0.1, -0.05) is 94.7 Å². The van der Waals surface area contributed by atoms with Crippen LogP contribution in [0.5, 0.6) is 0 Å². The normalized spacial score (nSPS) is 21.1. The Labute approximate surface area is 471 Å². The summed E-state index contributed by atoms with van der Waals surface area (Å²) in [5.74, 6) is 0.540. The zero-order chi connectivity index (χ0) is 56.8. The van der Waals surface area contributed by atoms with Crippen LogP contribution < -0.4 is 35.1 Å². The van der Waals surface area contributed by atoms with Gasteiger partial charge in [0.15, 0.2) is 6.61 Å². The molecule has 0 spiro atoms. The first-order valence-electron chi connectivity index (χ1n) is 28.6. The van der Waals surface area contributed by atoms with Gasteiger partial charge in [-0.3, -0.25) is 9.69 Å². The van der Waals surface area contributed by atoms with Crippen molar-refractivity contribution in [2.45, 2.75) is 130 Å². The van der Waals surface area contributed by atoms with E-state index in [0.29, 0.717) is 37.4 Å². The molecule has 3 amide bonds. The summed E-state index contributed by atoms with van der Waals surface area (Å²) in [6.07, 6.45) is 13.6. The Morgan fingerprint density at radius 1 is 0.722 bits per heavy atom. The van der Waals surface area contributed by atoms with E-state index in [0.717, 1.165) is 62.3 Å². The molecular weight excluding hydrogens is 987 g/mol. The number of carbonyl (C=O) groups excluding carboxylic acids is 3. The summed E-state index contributed by atoms with van der Waals surface area (Å²) in [7, 11) is 7.85. The van der Waals surface area contributed by atoms with Crippen LogP contribution in [0, 0.1) is 19.3 Å². The number of amides is 3. The van der Waals surface area contributed by atoms with E-state index in [-0.39, 0.29) is 40.8 Å². The molecule has 13 heteroatoms. The van der Waals surface area contributed by atoms with Crippen LogP contribution in [0.3, 0.4) is 0 Å². The lowest BCUT2D eigenvalue weighted by Gasteiger charge is -2.38. The lowest BCUT2D eigenvalue weighted by molar-refractivity contribution is -0.120. The van der Waals surface area contributed by atoms with E-state index in [9.17, 15) is 14.4 Å². The van der Waals surface area contributed by atoms with Crippen molar-refractivity contribution in [3.63, 3.8) is 0 Å². The SMILES string of the molecule is CCN1/C(=C/C=C2\CCC(/C=C/C3N(CC)c4ccc(C)cc4C3(C)C)=C2OCCCOC(=O)NCC2(C)CCCC(NC(=O)OCC(=O)N(c3ccc(N(C)C)cc3)c3ccc(N(C)C)cc3)C2)C(C)(C)c2cc(C)ccc21. The Morgan fingerprint density at radius 3 is 1.96 bits per heavy atom. The van der Waals surface area contributed by atoms with Gasteiger partial charge in [-0.25, -0.2) is 9.59 Å². The van der Waals surface area contributed by atoms with Gasteiger partial charge in [0.1, 0.15) is 5.76 Å². The highest BCUT2D eigenvalue weighted by molar-refractivity contribution is 6.02. The van der Waals surface area contributed by atoms with E-state index in [1.54, 1.807) is 4.90 Å². The molecule has 2 heterocycles. The third-order valence-electron chi connectivity index (χ3n) is 16.8. The summed E-state index contributed by atoms with van der Waals surface area (Å²) >= 11 is 0. The van der Waals surface area contributed by atoms with Crippen molar-refractivity contribution < 1.29 is 28.6 Å². The highest BCUT2D eigenvalue weighted by atomic mass is 16.6. The van der Waals surface area contributed by atoms with Crippen LogP contribution >= 0.6 is 0 Å². The summed E-state index contributed by atoms with van der Waals surface area (Å²) in [6, 6.07) is 29.0. The lowest BCUT2D eigenvalue weighted by atomic mass is 9.73. The molecule has 3 unspecified atom stereocenters. The molecule has 0 bridgehead atoms. The average molecular weight is 1070 g/mol. The third-order valence-corrected chi connectivity index (χ3v) is 16.8. The van der Waals surface area contributed by atoms with E-state index >= 15 is 0 Å². The number of nitrogens with one attached hydrogen (secondary N) is 2. The Morgan fingerprint density at radius 2 is 1.34 bits per heavy atom. The fraction of sp³-hybridized carbons (Fsp3) is 0.470. The topological polar surface area (TPSA) is 119 Å². The van der Waals surface area contributed by atoms with Crippen molar-refractivity contribution in [1.82, 2.24) is 10.6 Å². The lowest BCUT2D eigenvalue weighted by Crippen LogP contribution is -2.46. The molecule has 4 aromatic rings. The molecule has 422 valence electrons. The number of rotatable bonds is 19. The van der Waals surface area contributed by atoms with Crippen LogP contribution in [0.15, 0.2) is 132 Å². The van der Waals surface area contributed by atoms with E-state index in [1.807, 2.05) is 86.5 Å². The standard InChI is InChI=1S/C66H87N7O6/c1-14-71-56-33-19-45(3)40-54(56)64(5,6)58(71)35-23-47-21-22-48(24-36-59-65(7,8)55-41-46(4)20-34-57(55)72(59)15-2)61(47)77-38-17-39-78-62(75)67-44-66(9)37-16-18-49(42-66)68-63(76)79-43-60(74)73(52-29-25-50(26-30-52)69(10)11)53-31-27-51(28-32-53)70(12)13/h19-20,23-36,40-41,49,58H,14-18,21-22,37-39,42-44H2,1-13H3,(H,67,75)(H,68,76)/b35-23+,48-24+,59-36+. The summed E-state index contributed by atoms with van der Waals surface area (Å²) in [5.41, 5.74) is 14.3. The van der Waals surface area contributed by atoms with Gasteiger partial charge in [0, 0.05) is 111 Å². The molecule has 2 aliphatic heterocycles. The third kappa shape index (κ3) is 13.0. The minimum Gasteiger partial charge on any atom is -0.493 e. The number of hydrogen-bond acceptors (Lipinski definition) is 10. The van der Waals surface area contributed by atoms with Gasteiger partial charge in [0.05, 0.1) is 19.3 Å². The zero-order valence-corrected chi connectivity index (χ0v) is 49.4. The predicted octanol–water partition coefficient (Wildman–Crippen LogP) is 13.3. The molecule has 4 aliphatic rings. The molecule has 0 aromatic heterocycles. The summed E-state index contributed by atoms with van der Waals surface area (Å²) in [6.45, 7) is 22.6. The summed E-state index contributed by atoms with van der Waals surface area (Å²) < 4.78 is 18.1. The van der Waals surface area contributed by atoms with Gasteiger partial charge in [0.2, 0.25) is 0 Å². The molecule has 2 aliphatic carbocycles. The minimum atomic E-state index is -0.650. The van der Waals surface area contributed by atoms with Crippen molar-refractivity contribution >= 4 is 52.2 Å². The first kappa shape index (κ1) is 58.0. The molecule has 13 nitrogen and oxygen atoms in total. The highest BCUT2D eigenvalue weighted by Gasteiger charge is 2.43. The van der Waals surface area contributed by atoms with Gasteiger partial charge in [-0.2, -0.15) is 0 Å². The quantitative estimate of drug-likeness (QED) is 0.0879. The molecule has 8 rings (SSSR count). The second kappa shape index (κ2) is 24.5. The Kier molecular flexibility index (Phi) is 18.0. The number of carbonyl (C=O) groups is 3. The Balaban J connectivity index is 0.861. The summed E-state index contributed by atoms with van der Waals surface area (Å²) in [4.78, 5) is 50.8. The number of hydrogen-bond donors (Lipinski definition) is 2. The van der Waals surface area contributed by atoms with Crippen molar-refractivity contribution in [3.05, 3.63) is 154 Å². The van der Waals surface area contributed by atoms with Crippen molar-refractivity contribution in [2.24, 2.45) is 5.41 Å². The number of allylic oxidation sites excluding steroid dienone is 6. The number of fused-ring (bicyclic) bond motifs is 2. The van der Waals surface area contributed by atoms with Crippen LogP contribution in [0.1, 0.15) is 116 Å². The predicted molar refractivity (Wildman–Crippen MR) is 323 cm³/mol. The second-order valence-corrected chi connectivity index (χ2v) is 23.9. The average Bonchev–Trinajstić information content (AvgIpc) is 4.04. The second-order valence-electron chi connectivity index (χ2n) is 23.9. The monoisotopic (exact) mass is 1070 g/mol. The number of benzene rings is 4. The zero-order valence-electron chi connectivity index (χ0n) is 49.4. The smallest absolute Gasteiger partial charge is 0.407 e. The van der Waals surface area contributed by atoms with Crippen LogP contribution in [0.25, 0.3) is 0 Å². The first-order valence-corrected chi connectivity index (χ1v) is 28.6. The molecule has 0 saturated heterocycles. The Hall–Kier alpha value is -7.15. The maximum absolute atomic E-state index is 13.8.